The van der Waals surface area contributed by atoms with Crippen LogP contribution in [-0.2, 0) is 13.0 Å². The van der Waals surface area contributed by atoms with Crippen LogP contribution < -0.4 is 10.1 Å². The van der Waals surface area contributed by atoms with Crippen molar-refractivity contribution >= 4 is 0 Å². The second-order valence-electron chi connectivity index (χ2n) is 4.43. The number of ether oxygens (including phenoxy) is 1. The Balaban J connectivity index is 2.25. The van der Waals surface area contributed by atoms with Crippen molar-refractivity contribution in [3.05, 3.63) is 48.0 Å². The van der Waals surface area contributed by atoms with Gasteiger partial charge in [0.05, 0.1) is 13.2 Å². The molecule has 0 spiro atoms. The van der Waals surface area contributed by atoms with Gasteiger partial charge in [-0.15, -0.1) is 0 Å². The second kappa shape index (κ2) is 6.38. The van der Waals surface area contributed by atoms with Gasteiger partial charge in [0, 0.05) is 30.9 Å². The standard InChI is InChI=1S/C15H21N3O/c1-4-15-17-9-10-18(15)11-13(16-2)12-7-5-6-8-14(12)19-3/h5-10,13,16H,4,11H2,1-3H3. The van der Waals surface area contributed by atoms with Gasteiger partial charge >= 0.3 is 0 Å². The van der Waals surface area contributed by atoms with Gasteiger partial charge in [0.25, 0.3) is 0 Å². The van der Waals surface area contributed by atoms with Gasteiger partial charge in [-0.05, 0) is 13.1 Å². The summed E-state index contributed by atoms with van der Waals surface area (Å²) in [6.45, 7) is 2.97. The maximum atomic E-state index is 5.44. The fraction of sp³-hybridized carbons (Fsp3) is 0.400. The summed E-state index contributed by atoms with van der Waals surface area (Å²) in [5.74, 6) is 2.02. The van der Waals surface area contributed by atoms with E-state index in [0.29, 0.717) is 0 Å². The van der Waals surface area contributed by atoms with Crippen molar-refractivity contribution in [2.45, 2.75) is 25.9 Å². The summed E-state index contributed by atoms with van der Waals surface area (Å²) < 4.78 is 7.63. The van der Waals surface area contributed by atoms with E-state index in [2.05, 4.69) is 27.9 Å². The average molecular weight is 259 g/mol. The third-order valence-corrected chi connectivity index (χ3v) is 3.36. The highest BCUT2D eigenvalue weighted by molar-refractivity contribution is 5.35. The van der Waals surface area contributed by atoms with Gasteiger partial charge in [0.15, 0.2) is 0 Å². The van der Waals surface area contributed by atoms with Gasteiger partial charge in [0.1, 0.15) is 11.6 Å². The number of nitrogens with zero attached hydrogens (tertiary/aromatic N) is 2. The summed E-state index contributed by atoms with van der Waals surface area (Å²) in [5.41, 5.74) is 1.17. The van der Waals surface area contributed by atoms with Crippen molar-refractivity contribution in [2.75, 3.05) is 14.2 Å². The molecule has 19 heavy (non-hydrogen) atoms. The number of likely N-dealkylation sites (N-methyl/N-ethyl adjacent to an activating group) is 1. The van der Waals surface area contributed by atoms with Crippen LogP contribution in [0.4, 0.5) is 0 Å². The molecule has 0 aliphatic carbocycles. The van der Waals surface area contributed by atoms with E-state index >= 15 is 0 Å². The summed E-state index contributed by atoms with van der Waals surface area (Å²) in [6.07, 6.45) is 4.82. The van der Waals surface area contributed by atoms with Gasteiger partial charge in [0.2, 0.25) is 0 Å². The first kappa shape index (κ1) is 13.6. The lowest BCUT2D eigenvalue weighted by Crippen LogP contribution is -2.23. The Bertz CT molecular complexity index is 522. The molecule has 2 aromatic rings. The highest BCUT2D eigenvalue weighted by Gasteiger charge is 2.15. The molecule has 0 bridgehead atoms. The summed E-state index contributed by atoms with van der Waals surface area (Å²) in [4.78, 5) is 4.36. The number of benzene rings is 1. The summed E-state index contributed by atoms with van der Waals surface area (Å²) in [6, 6.07) is 8.33. The number of methoxy groups -OCH3 is 1. The topological polar surface area (TPSA) is 39.1 Å². The first-order chi connectivity index (χ1) is 9.30. The highest BCUT2D eigenvalue weighted by atomic mass is 16.5. The number of para-hydroxylation sites is 1. The van der Waals surface area contributed by atoms with E-state index in [1.807, 2.05) is 37.6 Å². The number of hydrogen-bond donors (Lipinski definition) is 1. The number of aryl methyl sites for hydroxylation is 1. The molecule has 1 N–H and O–H groups in total. The van der Waals surface area contributed by atoms with E-state index in [1.165, 1.54) is 5.56 Å². The molecule has 1 aromatic carbocycles. The van der Waals surface area contributed by atoms with Crippen LogP contribution in [0, 0.1) is 0 Å². The molecule has 0 radical (unpaired) electrons. The molecule has 1 atom stereocenters. The van der Waals surface area contributed by atoms with Crippen LogP contribution in [0.15, 0.2) is 36.7 Å². The number of aromatic nitrogens is 2. The Kier molecular flexibility index (Phi) is 4.58. The monoisotopic (exact) mass is 259 g/mol. The molecule has 0 saturated carbocycles. The molecule has 2 rings (SSSR count). The van der Waals surface area contributed by atoms with Gasteiger partial charge in [-0.1, -0.05) is 25.1 Å². The maximum Gasteiger partial charge on any atom is 0.123 e. The highest BCUT2D eigenvalue weighted by Crippen LogP contribution is 2.25. The molecule has 4 nitrogen and oxygen atoms in total. The number of rotatable bonds is 6. The van der Waals surface area contributed by atoms with Crippen molar-refractivity contribution in [1.29, 1.82) is 0 Å². The Morgan fingerprint density at radius 2 is 2.16 bits per heavy atom. The lowest BCUT2D eigenvalue weighted by molar-refractivity contribution is 0.393. The molecular weight excluding hydrogens is 238 g/mol. The minimum atomic E-state index is 0.204. The molecule has 0 aliphatic heterocycles. The van der Waals surface area contributed by atoms with Crippen LogP contribution in [0.3, 0.4) is 0 Å². The van der Waals surface area contributed by atoms with E-state index in [-0.39, 0.29) is 6.04 Å². The average Bonchev–Trinajstić information content (AvgIpc) is 2.92. The molecule has 0 saturated heterocycles. The van der Waals surface area contributed by atoms with Crippen LogP contribution in [0.5, 0.6) is 5.75 Å². The van der Waals surface area contributed by atoms with Gasteiger partial charge in [-0.2, -0.15) is 0 Å². The largest absolute Gasteiger partial charge is 0.496 e. The predicted octanol–water partition coefficient (Wildman–Crippen LogP) is 2.41. The van der Waals surface area contributed by atoms with Crippen molar-refractivity contribution in [1.82, 2.24) is 14.9 Å². The van der Waals surface area contributed by atoms with Crippen molar-refractivity contribution in [3.8, 4) is 5.75 Å². The maximum absolute atomic E-state index is 5.44. The Labute approximate surface area is 114 Å². The zero-order valence-corrected chi connectivity index (χ0v) is 11.8. The fourth-order valence-electron chi connectivity index (χ4n) is 2.32. The molecule has 102 valence electrons. The first-order valence-electron chi connectivity index (χ1n) is 6.60. The third-order valence-electron chi connectivity index (χ3n) is 3.36. The molecule has 0 aliphatic rings. The van der Waals surface area contributed by atoms with Gasteiger partial charge in [-0.3, -0.25) is 0 Å². The minimum absolute atomic E-state index is 0.204. The molecule has 1 heterocycles. The summed E-state index contributed by atoms with van der Waals surface area (Å²) in [5, 5.41) is 3.35. The Morgan fingerprint density at radius 3 is 2.84 bits per heavy atom. The van der Waals surface area contributed by atoms with Crippen molar-refractivity contribution < 1.29 is 4.74 Å². The van der Waals surface area contributed by atoms with E-state index in [9.17, 15) is 0 Å². The quantitative estimate of drug-likeness (QED) is 0.866. The number of nitrogens with one attached hydrogen (secondary N) is 1. The van der Waals surface area contributed by atoms with Crippen molar-refractivity contribution in [3.63, 3.8) is 0 Å². The van der Waals surface area contributed by atoms with Crippen LogP contribution in [-0.4, -0.2) is 23.7 Å². The van der Waals surface area contributed by atoms with Gasteiger partial charge < -0.3 is 14.6 Å². The first-order valence-corrected chi connectivity index (χ1v) is 6.60. The zero-order chi connectivity index (χ0) is 13.7. The van der Waals surface area contributed by atoms with Crippen LogP contribution in [0.2, 0.25) is 0 Å². The Morgan fingerprint density at radius 1 is 1.37 bits per heavy atom. The molecule has 1 unspecified atom stereocenters. The number of imidazole rings is 1. The van der Waals surface area contributed by atoms with E-state index in [4.69, 9.17) is 4.74 Å². The normalized spacial score (nSPS) is 12.4. The molecule has 0 fully saturated rings. The summed E-state index contributed by atoms with van der Waals surface area (Å²) >= 11 is 0. The second-order valence-corrected chi connectivity index (χ2v) is 4.43. The lowest BCUT2D eigenvalue weighted by atomic mass is 10.1. The summed E-state index contributed by atoms with van der Waals surface area (Å²) in [7, 11) is 3.68. The molecule has 4 heteroatoms. The lowest BCUT2D eigenvalue weighted by Gasteiger charge is -2.20. The van der Waals surface area contributed by atoms with Crippen LogP contribution in [0.25, 0.3) is 0 Å². The predicted molar refractivity (Wildman–Crippen MR) is 76.4 cm³/mol. The SMILES string of the molecule is CCc1nccn1CC(NC)c1ccccc1OC. The minimum Gasteiger partial charge on any atom is -0.496 e. The molecule has 0 amide bonds. The molecular formula is C15H21N3O. The van der Waals surface area contributed by atoms with E-state index < -0.39 is 0 Å². The van der Waals surface area contributed by atoms with Crippen LogP contribution in [0.1, 0.15) is 24.4 Å². The van der Waals surface area contributed by atoms with E-state index in [1.54, 1.807) is 7.11 Å². The molecule has 1 aromatic heterocycles. The van der Waals surface area contributed by atoms with Crippen molar-refractivity contribution in [2.24, 2.45) is 0 Å². The van der Waals surface area contributed by atoms with Gasteiger partial charge in [-0.25, -0.2) is 4.98 Å². The fourth-order valence-corrected chi connectivity index (χ4v) is 2.32. The van der Waals surface area contributed by atoms with E-state index in [0.717, 1.165) is 24.5 Å². The zero-order valence-electron chi connectivity index (χ0n) is 11.8. The number of hydrogen-bond acceptors (Lipinski definition) is 3. The third kappa shape index (κ3) is 2.96. The smallest absolute Gasteiger partial charge is 0.123 e. The van der Waals surface area contributed by atoms with Crippen LogP contribution >= 0.6 is 0 Å². The Hall–Kier alpha value is -1.81.